The monoisotopic (exact) mass is 297 g/mol. The van der Waals surface area contributed by atoms with Gasteiger partial charge in [-0.2, -0.15) is 0 Å². The van der Waals surface area contributed by atoms with Crippen LogP contribution in [0.5, 0.6) is 5.75 Å². The molecule has 1 N–H and O–H groups in total. The Morgan fingerprint density at radius 3 is 2.76 bits per heavy atom. The molecule has 118 valence electrons. The first-order valence-electron chi connectivity index (χ1n) is 7.50. The maximum atomic E-state index is 13.5. The molecule has 0 radical (unpaired) electrons. The number of rotatable bonds is 11. The summed E-state index contributed by atoms with van der Waals surface area (Å²) in [6.45, 7) is 2.95. The van der Waals surface area contributed by atoms with E-state index in [0.717, 1.165) is 12.0 Å². The van der Waals surface area contributed by atoms with Crippen LogP contribution >= 0.6 is 0 Å². The summed E-state index contributed by atoms with van der Waals surface area (Å²) in [5.74, 6) is 0.296. The fourth-order valence-corrected chi connectivity index (χ4v) is 1.98. The number of nitrogens with one attached hydrogen (secondary N) is 1. The minimum atomic E-state index is -0.263. The van der Waals surface area contributed by atoms with Crippen molar-refractivity contribution in [1.29, 1.82) is 0 Å². The molecule has 0 spiro atoms. The van der Waals surface area contributed by atoms with Crippen LogP contribution in [-0.4, -0.2) is 39.6 Å². The summed E-state index contributed by atoms with van der Waals surface area (Å²) in [5.41, 5.74) is 0.915. The molecule has 1 saturated carbocycles. The van der Waals surface area contributed by atoms with Gasteiger partial charge in [0.05, 0.1) is 6.61 Å². The molecular weight excluding hydrogens is 273 g/mol. The molecular formula is C16H24FNO3. The van der Waals surface area contributed by atoms with E-state index in [-0.39, 0.29) is 5.82 Å². The van der Waals surface area contributed by atoms with Gasteiger partial charge in [0, 0.05) is 39.0 Å². The van der Waals surface area contributed by atoms with Gasteiger partial charge in [-0.3, -0.25) is 0 Å². The highest BCUT2D eigenvalue weighted by Crippen LogP contribution is 2.21. The molecule has 0 atom stereocenters. The van der Waals surface area contributed by atoms with Crippen LogP contribution in [0.3, 0.4) is 0 Å². The minimum absolute atomic E-state index is 0.263. The maximum Gasteiger partial charge on any atom is 0.127 e. The van der Waals surface area contributed by atoms with Crippen molar-refractivity contribution >= 4 is 0 Å². The van der Waals surface area contributed by atoms with E-state index in [9.17, 15) is 4.39 Å². The first kappa shape index (κ1) is 16.2. The Morgan fingerprint density at radius 1 is 1.14 bits per heavy atom. The number of ether oxygens (including phenoxy) is 3. The second-order valence-corrected chi connectivity index (χ2v) is 5.26. The molecule has 0 amide bonds. The van der Waals surface area contributed by atoms with E-state index in [2.05, 4.69) is 5.32 Å². The van der Waals surface area contributed by atoms with Crippen molar-refractivity contribution in [1.82, 2.24) is 5.32 Å². The van der Waals surface area contributed by atoms with Crippen molar-refractivity contribution in [2.24, 2.45) is 0 Å². The summed E-state index contributed by atoms with van der Waals surface area (Å²) in [5, 5.41) is 3.36. The zero-order chi connectivity index (χ0) is 14.9. The Kier molecular flexibility index (Phi) is 6.92. The van der Waals surface area contributed by atoms with E-state index in [0.29, 0.717) is 44.8 Å². The molecule has 1 aliphatic rings. The SMILES string of the molecule is COCCCOCCOc1cc(F)cc(CNC2CC2)c1. The van der Waals surface area contributed by atoms with Gasteiger partial charge in [0.1, 0.15) is 18.2 Å². The number of hydrogen-bond acceptors (Lipinski definition) is 4. The van der Waals surface area contributed by atoms with Gasteiger partial charge in [-0.15, -0.1) is 0 Å². The highest BCUT2D eigenvalue weighted by Gasteiger charge is 2.20. The summed E-state index contributed by atoms with van der Waals surface area (Å²) >= 11 is 0. The van der Waals surface area contributed by atoms with Crippen molar-refractivity contribution in [2.75, 3.05) is 33.5 Å². The molecule has 0 unspecified atom stereocenters. The topological polar surface area (TPSA) is 39.7 Å². The zero-order valence-electron chi connectivity index (χ0n) is 12.6. The molecule has 0 aliphatic heterocycles. The minimum Gasteiger partial charge on any atom is -0.491 e. The van der Waals surface area contributed by atoms with E-state index in [4.69, 9.17) is 14.2 Å². The molecule has 1 fully saturated rings. The van der Waals surface area contributed by atoms with Gasteiger partial charge < -0.3 is 19.5 Å². The Hall–Kier alpha value is -1.17. The number of benzene rings is 1. The van der Waals surface area contributed by atoms with E-state index >= 15 is 0 Å². The first-order valence-corrected chi connectivity index (χ1v) is 7.50. The van der Waals surface area contributed by atoms with Gasteiger partial charge in [-0.05, 0) is 37.0 Å². The van der Waals surface area contributed by atoms with Crippen LogP contribution in [0.2, 0.25) is 0 Å². The summed E-state index contributed by atoms with van der Waals surface area (Å²) in [6.07, 6.45) is 3.31. The van der Waals surface area contributed by atoms with Crippen molar-refractivity contribution in [3.63, 3.8) is 0 Å². The largest absolute Gasteiger partial charge is 0.491 e. The van der Waals surface area contributed by atoms with Crippen molar-refractivity contribution in [3.8, 4) is 5.75 Å². The smallest absolute Gasteiger partial charge is 0.127 e. The molecule has 1 aliphatic carbocycles. The summed E-state index contributed by atoms with van der Waals surface area (Å²) in [6, 6.07) is 5.44. The first-order chi connectivity index (χ1) is 10.3. The molecule has 21 heavy (non-hydrogen) atoms. The lowest BCUT2D eigenvalue weighted by Crippen LogP contribution is -2.15. The van der Waals surface area contributed by atoms with E-state index < -0.39 is 0 Å². The summed E-state index contributed by atoms with van der Waals surface area (Å²) < 4.78 is 29.4. The fraction of sp³-hybridized carbons (Fsp3) is 0.625. The number of halogens is 1. The lowest BCUT2D eigenvalue weighted by molar-refractivity contribution is 0.0805. The van der Waals surface area contributed by atoms with Gasteiger partial charge >= 0.3 is 0 Å². The fourth-order valence-electron chi connectivity index (χ4n) is 1.98. The Bertz CT molecular complexity index is 424. The standard InChI is InChI=1S/C16H24FNO3/c1-19-5-2-6-20-7-8-21-16-10-13(9-14(17)11-16)12-18-15-3-4-15/h9-11,15,18H,2-8,12H2,1H3. The van der Waals surface area contributed by atoms with Gasteiger partial charge in [-0.25, -0.2) is 4.39 Å². The zero-order valence-corrected chi connectivity index (χ0v) is 12.6. The van der Waals surface area contributed by atoms with Crippen LogP contribution in [-0.2, 0) is 16.0 Å². The van der Waals surface area contributed by atoms with Crippen LogP contribution in [0.1, 0.15) is 24.8 Å². The third-order valence-electron chi connectivity index (χ3n) is 3.24. The normalized spacial score (nSPS) is 14.4. The maximum absolute atomic E-state index is 13.5. The number of hydrogen-bond donors (Lipinski definition) is 1. The second kappa shape index (κ2) is 8.97. The Morgan fingerprint density at radius 2 is 2.00 bits per heavy atom. The lowest BCUT2D eigenvalue weighted by Gasteiger charge is -2.10. The number of methoxy groups -OCH3 is 1. The molecule has 1 aromatic carbocycles. The van der Waals surface area contributed by atoms with Gasteiger partial charge in [0.25, 0.3) is 0 Å². The molecule has 5 heteroatoms. The van der Waals surface area contributed by atoms with E-state index in [1.165, 1.54) is 18.9 Å². The van der Waals surface area contributed by atoms with Gasteiger partial charge in [0.15, 0.2) is 0 Å². The van der Waals surface area contributed by atoms with Crippen molar-refractivity contribution in [2.45, 2.75) is 31.8 Å². The third kappa shape index (κ3) is 6.89. The molecule has 0 aromatic heterocycles. The van der Waals surface area contributed by atoms with Gasteiger partial charge in [-0.1, -0.05) is 0 Å². The molecule has 4 nitrogen and oxygen atoms in total. The average molecular weight is 297 g/mol. The average Bonchev–Trinajstić information content (AvgIpc) is 3.28. The van der Waals surface area contributed by atoms with Crippen LogP contribution < -0.4 is 10.1 Å². The second-order valence-electron chi connectivity index (χ2n) is 5.26. The highest BCUT2D eigenvalue weighted by molar-refractivity contribution is 5.29. The summed E-state index contributed by atoms with van der Waals surface area (Å²) in [4.78, 5) is 0. The quantitative estimate of drug-likeness (QED) is 0.637. The summed E-state index contributed by atoms with van der Waals surface area (Å²) in [7, 11) is 1.67. The Balaban J connectivity index is 1.66. The molecule has 0 heterocycles. The van der Waals surface area contributed by atoms with Crippen LogP contribution in [0.15, 0.2) is 18.2 Å². The van der Waals surface area contributed by atoms with Crippen molar-refractivity contribution in [3.05, 3.63) is 29.6 Å². The highest BCUT2D eigenvalue weighted by atomic mass is 19.1. The predicted octanol–water partition coefficient (Wildman–Crippen LogP) is 2.51. The van der Waals surface area contributed by atoms with Crippen molar-refractivity contribution < 1.29 is 18.6 Å². The van der Waals surface area contributed by atoms with Gasteiger partial charge in [0.2, 0.25) is 0 Å². The third-order valence-corrected chi connectivity index (χ3v) is 3.24. The van der Waals surface area contributed by atoms with E-state index in [1.807, 2.05) is 6.07 Å². The predicted molar refractivity (Wildman–Crippen MR) is 79.1 cm³/mol. The molecule has 2 rings (SSSR count). The van der Waals surface area contributed by atoms with Crippen LogP contribution in [0.4, 0.5) is 4.39 Å². The lowest BCUT2D eigenvalue weighted by atomic mass is 10.2. The van der Waals surface area contributed by atoms with Crippen LogP contribution in [0.25, 0.3) is 0 Å². The molecule has 1 aromatic rings. The molecule has 0 bridgehead atoms. The van der Waals surface area contributed by atoms with Crippen LogP contribution in [0, 0.1) is 5.82 Å². The molecule has 0 saturated heterocycles. The van der Waals surface area contributed by atoms with E-state index in [1.54, 1.807) is 13.2 Å². The Labute approximate surface area is 125 Å².